The number of thioether (sulfide) groups is 1. The molecule has 0 radical (unpaired) electrons. The molecule has 1 heterocycles. The first-order valence-electron chi connectivity index (χ1n) is 5.20. The van der Waals surface area contributed by atoms with Crippen LogP contribution in [0.2, 0.25) is 5.02 Å². The van der Waals surface area contributed by atoms with Gasteiger partial charge in [-0.2, -0.15) is 5.10 Å². The summed E-state index contributed by atoms with van der Waals surface area (Å²) >= 11 is 7.20. The molecule has 100 valence electrons. The lowest BCUT2D eigenvalue weighted by molar-refractivity contribution is -0.116. The zero-order valence-electron chi connectivity index (χ0n) is 9.88. The van der Waals surface area contributed by atoms with Crippen LogP contribution in [0.1, 0.15) is 5.56 Å². The summed E-state index contributed by atoms with van der Waals surface area (Å²) < 4.78 is 4.96. The average Bonchev–Trinajstić information content (AvgIpc) is 2.79. The highest BCUT2D eigenvalue weighted by molar-refractivity contribution is 8.15. The minimum atomic E-state index is -0.103. The van der Waals surface area contributed by atoms with Gasteiger partial charge < -0.3 is 15.2 Å². The van der Waals surface area contributed by atoms with Gasteiger partial charge in [0.2, 0.25) is 5.91 Å². The minimum Gasteiger partial charge on any atom is -0.507 e. The quantitative estimate of drug-likeness (QED) is 0.656. The van der Waals surface area contributed by atoms with Crippen molar-refractivity contribution in [3.8, 4) is 11.5 Å². The molecule has 1 aliphatic heterocycles. The Bertz CT molecular complexity index is 575. The number of nitrogens with one attached hydrogen (secondary N) is 1. The maximum Gasteiger partial charge on any atom is 0.236 e. The maximum absolute atomic E-state index is 10.9. The molecular formula is C11H10ClN3O3S. The molecule has 1 aliphatic rings. The number of amides is 1. The number of amidine groups is 1. The number of methoxy groups -OCH3 is 1. The Hall–Kier alpha value is -1.73. The molecule has 19 heavy (non-hydrogen) atoms. The van der Waals surface area contributed by atoms with Crippen LogP contribution < -0.4 is 10.1 Å². The van der Waals surface area contributed by atoms with Crippen molar-refractivity contribution < 1.29 is 14.6 Å². The van der Waals surface area contributed by atoms with Gasteiger partial charge in [-0.05, 0) is 6.07 Å². The topological polar surface area (TPSA) is 83.3 Å². The third-order valence-electron chi connectivity index (χ3n) is 2.23. The van der Waals surface area contributed by atoms with Crippen molar-refractivity contribution in [3.05, 3.63) is 22.7 Å². The van der Waals surface area contributed by atoms with Gasteiger partial charge in [0.05, 0.1) is 24.1 Å². The van der Waals surface area contributed by atoms with Crippen LogP contribution in [-0.4, -0.2) is 35.3 Å². The van der Waals surface area contributed by atoms with Gasteiger partial charge in [-0.3, -0.25) is 4.79 Å². The highest BCUT2D eigenvalue weighted by atomic mass is 35.5. The number of nitrogens with zero attached hydrogens (tertiary/aromatic N) is 2. The van der Waals surface area contributed by atoms with Crippen LogP contribution in [0.4, 0.5) is 0 Å². The van der Waals surface area contributed by atoms with E-state index in [0.29, 0.717) is 27.3 Å². The van der Waals surface area contributed by atoms with E-state index in [4.69, 9.17) is 16.3 Å². The van der Waals surface area contributed by atoms with Gasteiger partial charge in [0.15, 0.2) is 5.17 Å². The SMILES string of the molecule is COc1cc(O)c(C=NN=C2NC(=O)CS2)cc1Cl. The van der Waals surface area contributed by atoms with Gasteiger partial charge in [-0.25, -0.2) is 0 Å². The number of benzene rings is 1. The van der Waals surface area contributed by atoms with Crippen LogP contribution in [-0.2, 0) is 4.79 Å². The molecule has 6 nitrogen and oxygen atoms in total. The summed E-state index contributed by atoms with van der Waals surface area (Å²) in [5.41, 5.74) is 0.407. The second-order valence-electron chi connectivity index (χ2n) is 3.53. The second kappa shape index (κ2) is 5.94. The van der Waals surface area contributed by atoms with Gasteiger partial charge in [0.1, 0.15) is 11.5 Å². The summed E-state index contributed by atoms with van der Waals surface area (Å²) in [6.45, 7) is 0. The lowest BCUT2D eigenvalue weighted by Crippen LogP contribution is -2.19. The molecule has 1 amide bonds. The number of phenols is 1. The van der Waals surface area contributed by atoms with Gasteiger partial charge in [-0.15, -0.1) is 5.10 Å². The average molecular weight is 300 g/mol. The molecule has 1 fully saturated rings. The Labute approximate surface area is 118 Å². The zero-order chi connectivity index (χ0) is 13.8. The number of halogens is 1. The number of phenolic OH excluding ortho intramolecular Hbond substituents is 1. The van der Waals surface area contributed by atoms with Crippen LogP contribution in [0.3, 0.4) is 0 Å². The molecule has 0 bridgehead atoms. The standard InChI is InChI=1S/C11H10ClN3O3S/c1-18-9-3-8(16)6(2-7(9)12)4-13-15-11-14-10(17)5-19-11/h2-4,16H,5H2,1H3,(H,14,15,17). The zero-order valence-corrected chi connectivity index (χ0v) is 11.5. The molecule has 0 aliphatic carbocycles. The van der Waals surface area contributed by atoms with Gasteiger partial charge in [-0.1, -0.05) is 23.4 Å². The fourth-order valence-corrected chi connectivity index (χ4v) is 2.22. The van der Waals surface area contributed by atoms with Gasteiger partial charge >= 0.3 is 0 Å². The van der Waals surface area contributed by atoms with Gasteiger partial charge in [0.25, 0.3) is 0 Å². The molecule has 2 rings (SSSR count). The third-order valence-corrected chi connectivity index (χ3v) is 3.39. The van der Waals surface area contributed by atoms with Crippen LogP contribution in [0.5, 0.6) is 11.5 Å². The number of ether oxygens (including phenoxy) is 1. The fraction of sp³-hybridized carbons (Fsp3) is 0.182. The van der Waals surface area contributed by atoms with Crippen LogP contribution in [0, 0.1) is 0 Å². The summed E-state index contributed by atoms with van der Waals surface area (Å²) in [7, 11) is 1.46. The van der Waals surface area contributed by atoms with E-state index in [1.54, 1.807) is 0 Å². The minimum absolute atomic E-state index is 0.0201. The molecular weight excluding hydrogens is 290 g/mol. The van der Waals surface area contributed by atoms with Crippen LogP contribution >= 0.6 is 23.4 Å². The van der Waals surface area contributed by atoms with E-state index in [2.05, 4.69) is 15.5 Å². The molecule has 0 unspecified atom stereocenters. The van der Waals surface area contributed by atoms with Crippen LogP contribution in [0.15, 0.2) is 22.3 Å². The van der Waals surface area contributed by atoms with E-state index in [9.17, 15) is 9.90 Å². The van der Waals surface area contributed by atoms with E-state index >= 15 is 0 Å². The number of carbonyl (C=O) groups is 1. The summed E-state index contributed by atoms with van der Waals surface area (Å²) in [5.74, 6) is 0.595. The summed E-state index contributed by atoms with van der Waals surface area (Å²) in [5, 5.41) is 20.7. The summed E-state index contributed by atoms with van der Waals surface area (Å²) in [6, 6.07) is 2.91. The lowest BCUT2D eigenvalue weighted by Gasteiger charge is -2.05. The highest BCUT2D eigenvalue weighted by Gasteiger charge is 2.16. The van der Waals surface area contributed by atoms with Gasteiger partial charge in [0, 0.05) is 11.6 Å². The molecule has 1 aromatic carbocycles. The molecule has 0 aromatic heterocycles. The van der Waals surface area contributed by atoms with Crippen molar-refractivity contribution in [2.24, 2.45) is 10.2 Å². The largest absolute Gasteiger partial charge is 0.507 e. The number of carbonyl (C=O) groups excluding carboxylic acids is 1. The monoisotopic (exact) mass is 299 g/mol. The number of aromatic hydroxyl groups is 1. The molecule has 2 N–H and O–H groups in total. The first-order valence-corrected chi connectivity index (χ1v) is 6.56. The first kappa shape index (κ1) is 13.7. The molecule has 0 atom stereocenters. The Morgan fingerprint density at radius 2 is 2.37 bits per heavy atom. The second-order valence-corrected chi connectivity index (χ2v) is 4.90. The van der Waals surface area contributed by atoms with E-state index < -0.39 is 0 Å². The fourth-order valence-electron chi connectivity index (χ4n) is 1.34. The van der Waals surface area contributed by atoms with Crippen LogP contribution in [0.25, 0.3) is 0 Å². The van der Waals surface area contributed by atoms with Crippen molar-refractivity contribution in [2.75, 3.05) is 12.9 Å². The summed E-state index contributed by atoms with van der Waals surface area (Å²) in [4.78, 5) is 10.9. The number of hydrogen-bond acceptors (Lipinski definition) is 6. The van der Waals surface area contributed by atoms with Crippen molar-refractivity contribution >= 4 is 40.7 Å². The van der Waals surface area contributed by atoms with Crippen molar-refractivity contribution in [3.63, 3.8) is 0 Å². The molecule has 0 spiro atoms. The predicted octanol–water partition coefficient (Wildman–Crippen LogP) is 1.61. The Morgan fingerprint density at radius 1 is 1.58 bits per heavy atom. The Balaban J connectivity index is 2.15. The molecule has 1 aromatic rings. The molecule has 0 saturated carbocycles. The smallest absolute Gasteiger partial charge is 0.236 e. The number of hydrogen-bond donors (Lipinski definition) is 2. The van der Waals surface area contributed by atoms with Crippen molar-refractivity contribution in [2.45, 2.75) is 0 Å². The highest BCUT2D eigenvalue weighted by Crippen LogP contribution is 2.30. The first-order chi connectivity index (χ1) is 9.10. The normalized spacial score (nSPS) is 17.2. The molecule has 1 saturated heterocycles. The van der Waals surface area contributed by atoms with E-state index in [-0.39, 0.29) is 11.7 Å². The Kier molecular flexibility index (Phi) is 4.28. The maximum atomic E-state index is 10.9. The summed E-state index contributed by atoms with van der Waals surface area (Å²) in [6.07, 6.45) is 1.35. The number of rotatable bonds is 3. The Morgan fingerprint density at radius 3 is 3.00 bits per heavy atom. The third kappa shape index (κ3) is 3.39. The predicted molar refractivity (Wildman–Crippen MR) is 75.3 cm³/mol. The lowest BCUT2D eigenvalue weighted by atomic mass is 10.2. The van der Waals surface area contributed by atoms with E-state index in [1.807, 2.05) is 0 Å². The van der Waals surface area contributed by atoms with E-state index in [0.717, 1.165) is 0 Å². The van der Waals surface area contributed by atoms with Crippen molar-refractivity contribution in [1.29, 1.82) is 0 Å². The van der Waals surface area contributed by atoms with E-state index in [1.165, 1.54) is 37.2 Å². The van der Waals surface area contributed by atoms with Crippen molar-refractivity contribution in [1.82, 2.24) is 5.32 Å². The molecule has 8 heteroatoms.